The van der Waals surface area contributed by atoms with Crippen molar-refractivity contribution in [2.24, 2.45) is 4.99 Å². The number of hydrogen-bond acceptors (Lipinski definition) is 2. The van der Waals surface area contributed by atoms with E-state index in [-0.39, 0.29) is 29.8 Å². The Morgan fingerprint density at radius 3 is 2.72 bits per heavy atom. The number of guanidine groups is 1. The standard InChI is InChI=1S/C18H26F2N4.HI/c1-21-18(22-8-6-14-12-15(19)4-5-17(14)20)24-11-7-16(13-24)23-9-2-3-10-23;/h4-5,12,16H,2-3,6-11,13H2,1H3,(H,21,22);1H. The van der Waals surface area contributed by atoms with Crippen molar-refractivity contribution >= 4 is 29.9 Å². The zero-order chi connectivity index (χ0) is 16.9. The second-order valence-corrected chi connectivity index (χ2v) is 6.59. The van der Waals surface area contributed by atoms with E-state index >= 15 is 0 Å². The Hall–Kier alpha value is -0.960. The summed E-state index contributed by atoms with van der Waals surface area (Å²) in [6.45, 7) is 4.95. The highest BCUT2D eigenvalue weighted by atomic mass is 127. The number of nitrogens with zero attached hydrogens (tertiary/aromatic N) is 3. The molecule has 25 heavy (non-hydrogen) atoms. The third kappa shape index (κ3) is 5.26. The highest BCUT2D eigenvalue weighted by Gasteiger charge is 2.30. The van der Waals surface area contributed by atoms with Crippen molar-refractivity contribution in [3.63, 3.8) is 0 Å². The number of rotatable bonds is 4. The quantitative estimate of drug-likeness (QED) is 0.423. The van der Waals surface area contributed by atoms with Crippen molar-refractivity contribution in [1.82, 2.24) is 15.1 Å². The molecule has 0 aromatic heterocycles. The molecule has 1 atom stereocenters. The van der Waals surface area contributed by atoms with Crippen LogP contribution in [0.15, 0.2) is 23.2 Å². The SMILES string of the molecule is CN=C(NCCc1cc(F)ccc1F)N1CCC(N2CCCC2)C1.I. The number of nitrogens with one attached hydrogen (secondary N) is 1. The number of halogens is 3. The van der Waals surface area contributed by atoms with Crippen LogP contribution in [0.3, 0.4) is 0 Å². The molecule has 2 aliphatic rings. The minimum atomic E-state index is -0.399. The molecular formula is C18H27F2IN4. The Labute approximate surface area is 165 Å². The molecule has 4 nitrogen and oxygen atoms in total. The van der Waals surface area contributed by atoms with Crippen molar-refractivity contribution in [1.29, 1.82) is 0 Å². The smallest absolute Gasteiger partial charge is 0.193 e. The van der Waals surface area contributed by atoms with Crippen molar-refractivity contribution < 1.29 is 8.78 Å². The van der Waals surface area contributed by atoms with Gasteiger partial charge in [-0.3, -0.25) is 9.89 Å². The van der Waals surface area contributed by atoms with Crippen LogP contribution in [-0.2, 0) is 6.42 Å². The molecule has 1 aromatic carbocycles. The Balaban J connectivity index is 0.00000225. The predicted octanol–water partition coefficient (Wildman–Crippen LogP) is 2.87. The second-order valence-electron chi connectivity index (χ2n) is 6.59. The molecule has 3 rings (SSSR count). The van der Waals surface area contributed by atoms with E-state index in [0.29, 0.717) is 24.6 Å². The molecule has 2 heterocycles. The van der Waals surface area contributed by atoms with Gasteiger partial charge in [-0.1, -0.05) is 0 Å². The molecule has 1 aromatic rings. The summed E-state index contributed by atoms with van der Waals surface area (Å²) in [5.74, 6) is 0.0979. The minimum absolute atomic E-state index is 0. The lowest BCUT2D eigenvalue weighted by Crippen LogP contribution is -2.43. The average Bonchev–Trinajstić information content (AvgIpc) is 3.25. The number of likely N-dealkylation sites (tertiary alicyclic amines) is 2. The van der Waals surface area contributed by atoms with Gasteiger partial charge in [0, 0.05) is 32.7 Å². The first-order valence-corrected chi connectivity index (χ1v) is 8.81. The average molecular weight is 464 g/mol. The van der Waals surface area contributed by atoms with Gasteiger partial charge in [-0.25, -0.2) is 8.78 Å². The van der Waals surface area contributed by atoms with Crippen LogP contribution in [0.5, 0.6) is 0 Å². The zero-order valence-electron chi connectivity index (χ0n) is 14.7. The monoisotopic (exact) mass is 464 g/mol. The van der Waals surface area contributed by atoms with Crippen LogP contribution < -0.4 is 5.32 Å². The van der Waals surface area contributed by atoms with Gasteiger partial charge < -0.3 is 10.2 Å². The number of hydrogen-bond donors (Lipinski definition) is 1. The first kappa shape index (κ1) is 20.4. The minimum Gasteiger partial charge on any atom is -0.356 e. The van der Waals surface area contributed by atoms with Gasteiger partial charge in [0.1, 0.15) is 11.6 Å². The first-order valence-electron chi connectivity index (χ1n) is 8.81. The topological polar surface area (TPSA) is 30.9 Å². The molecule has 0 radical (unpaired) electrons. The molecular weight excluding hydrogens is 437 g/mol. The highest BCUT2D eigenvalue weighted by molar-refractivity contribution is 14.0. The van der Waals surface area contributed by atoms with E-state index < -0.39 is 5.82 Å². The van der Waals surface area contributed by atoms with Crippen LogP contribution in [-0.4, -0.2) is 61.6 Å². The lowest BCUT2D eigenvalue weighted by atomic mass is 10.1. The fourth-order valence-electron chi connectivity index (χ4n) is 3.72. The van der Waals surface area contributed by atoms with Gasteiger partial charge in [-0.15, -0.1) is 24.0 Å². The largest absolute Gasteiger partial charge is 0.356 e. The van der Waals surface area contributed by atoms with E-state index in [2.05, 4.69) is 20.1 Å². The van der Waals surface area contributed by atoms with Crippen LogP contribution in [0.2, 0.25) is 0 Å². The Bertz CT molecular complexity index is 590. The van der Waals surface area contributed by atoms with Gasteiger partial charge in [0.2, 0.25) is 0 Å². The Kier molecular flexibility index (Phi) is 7.86. The van der Waals surface area contributed by atoms with Gasteiger partial charge >= 0.3 is 0 Å². The first-order chi connectivity index (χ1) is 11.7. The fraction of sp³-hybridized carbons (Fsp3) is 0.611. The lowest BCUT2D eigenvalue weighted by molar-refractivity contribution is 0.249. The van der Waals surface area contributed by atoms with Crippen LogP contribution in [0.25, 0.3) is 0 Å². The molecule has 1 N–H and O–H groups in total. The molecule has 0 saturated carbocycles. The van der Waals surface area contributed by atoms with Gasteiger partial charge in [-0.2, -0.15) is 0 Å². The molecule has 140 valence electrons. The van der Waals surface area contributed by atoms with Crippen LogP contribution in [0.1, 0.15) is 24.8 Å². The zero-order valence-corrected chi connectivity index (χ0v) is 17.0. The van der Waals surface area contributed by atoms with Gasteiger partial charge in [0.25, 0.3) is 0 Å². The van der Waals surface area contributed by atoms with E-state index in [9.17, 15) is 8.78 Å². The number of benzene rings is 1. The summed E-state index contributed by atoms with van der Waals surface area (Å²) in [4.78, 5) is 9.19. The normalized spacial score (nSPS) is 21.5. The Morgan fingerprint density at radius 2 is 2.00 bits per heavy atom. The fourth-order valence-corrected chi connectivity index (χ4v) is 3.72. The highest BCUT2D eigenvalue weighted by Crippen LogP contribution is 2.20. The van der Waals surface area contributed by atoms with E-state index in [4.69, 9.17) is 0 Å². The maximum atomic E-state index is 13.7. The Morgan fingerprint density at radius 1 is 1.24 bits per heavy atom. The van der Waals surface area contributed by atoms with E-state index in [1.807, 2.05) is 0 Å². The molecule has 2 saturated heterocycles. The molecule has 0 amide bonds. The van der Waals surface area contributed by atoms with E-state index in [1.54, 1.807) is 7.05 Å². The van der Waals surface area contributed by atoms with Gasteiger partial charge in [0.05, 0.1) is 0 Å². The van der Waals surface area contributed by atoms with Gasteiger partial charge in [0.15, 0.2) is 5.96 Å². The van der Waals surface area contributed by atoms with Crippen LogP contribution >= 0.6 is 24.0 Å². The molecule has 1 unspecified atom stereocenters. The molecule has 7 heteroatoms. The third-order valence-electron chi connectivity index (χ3n) is 5.02. The van der Waals surface area contributed by atoms with Crippen molar-refractivity contribution in [2.45, 2.75) is 31.7 Å². The predicted molar refractivity (Wildman–Crippen MR) is 108 cm³/mol. The van der Waals surface area contributed by atoms with Crippen molar-refractivity contribution in [3.8, 4) is 0 Å². The summed E-state index contributed by atoms with van der Waals surface area (Å²) >= 11 is 0. The summed E-state index contributed by atoms with van der Waals surface area (Å²) in [5.41, 5.74) is 0.398. The molecule has 0 spiro atoms. The summed E-state index contributed by atoms with van der Waals surface area (Å²) in [7, 11) is 1.77. The van der Waals surface area contributed by atoms with E-state index in [1.165, 1.54) is 44.5 Å². The van der Waals surface area contributed by atoms with Crippen molar-refractivity contribution in [2.75, 3.05) is 39.8 Å². The molecule has 2 aliphatic heterocycles. The van der Waals surface area contributed by atoms with Gasteiger partial charge in [-0.05, 0) is 62.5 Å². The van der Waals surface area contributed by atoms with E-state index in [0.717, 1.165) is 25.1 Å². The maximum Gasteiger partial charge on any atom is 0.193 e. The summed E-state index contributed by atoms with van der Waals surface area (Å²) in [6.07, 6.45) is 4.22. The summed E-state index contributed by atoms with van der Waals surface area (Å²) in [6, 6.07) is 4.21. The lowest BCUT2D eigenvalue weighted by Gasteiger charge is -2.25. The molecule has 0 bridgehead atoms. The third-order valence-corrected chi connectivity index (χ3v) is 5.02. The van der Waals surface area contributed by atoms with Crippen LogP contribution in [0, 0.1) is 11.6 Å². The molecule has 0 aliphatic carbocycles. The van der Waals surface area contributed by atoms with Crippen LogP contribution in [0.4, 0.5) is 8.78 Å². The number of aliphatic imine (C=N–C) groups is 1. The maximum absolute atomic E-state index is 13.7. The van der Waals surface area contributed by atoms with Crippen molar-refractivity contribution in [3.05, 3.63) is 35.4 Å². The second kappa shape index (κ2) is 9.66. The summed E-state index contributed by atoms with van der Waals surface area (Å²) < 4.78 is 26.9. The summed E-state index contributed by atoms with van der Waals surface area (Å²) in [5, 5.41) is 3.29. The molecule has 2 fully saturated rings.